The Morgan fingerprint density at radius 3 is 2.52 bits per heavy atom. The van der Waals surface area contributed by atoms with Crippen molar-refractivity contribution in [1.82, 2.24) is 14.8 Å². The molecule has 1 aromatic heterocycles. The topological polar surface area (TPSA) is 72.8 Å². The molecule has 2 amide bonds. The van der Waals surface area contributed by atoms with Gasteiger partial charge in [0.25, 0.3) is 5.91 Å². The maximum absolute atomic E-state index is 13.7. The van der Waals surface area contributed by atoms with Crippen molar-refractivity contribution in [2.45, 2.75) is 70.5 Å². The summed E-state index contributed by atoms with van der Waals surface area (Å²) in [5, 5.41) is 4.06. The lowest BCUT2D eigenvalue weighted by Crippen LogP contribution is -2.64. The van der Waals surface area contributed by atoms with Crippen molar-refractivity contribution >= 4 is 22.7 Å². The van der Waals surface area contributed by atoms with E-state index >= 15 is 0 Å². The van der Waals surface area contributed by atoms with Crippen LogP contribution in [0, 0.1) is 0 Å². The summed E-state index contributed by atoms with van der Waals surface area (Å²) in [6, 6.07) is 5.76. The minimum absolute atomic E-state index is 0.0711. The molecule has 1 aromatic carbocycles. The quantitative estimate of drug-likeness (QED) is 0.731. The molecule has 0 radical (unpaired) electrons. The number of nitrogens with one attached hydrogen (secondary N) is 1. The first kappa shape index (κ1) is 21.5. The Kier molecular flexibility index (Phi) is 5.86. The Bertz CT molecular complexity index is 992. The SMILES string of the molecule is CCCCN1C(=O)c2cc3c(OC)ccc(OC)c3n2C[C@@]1(C)C(=O)NC1CCCC1. The van der Waals surface area contributed by atoms with Crippen LogP contribution in [0.1, 0.15) is 62.9 Å². The van der Waals surface area contributed by atoms with Gasteiger partial charge in [0.2, 0.25) is 5.91 Å². The van der Waals surface area contributed by atoms with E-state index in [2.05, 4.69) is 12.2 Å². The Morgan fingerprint density at radius 1 is 1.19 bits per heavy atom. The zero-order valence-electron chi connectivity index (χ0n) is 19.0. The molecule has 1 atom stereocenters. The van der Waals surface area contributed by atoms with Crippen LogP contribution in [-0.4, -0.2) is 53.6 Å². The number of unbranched alkanes of at least 4 members (excludes halogenated alkanes) is 1. The third kappa shape index (κ3) is 3.54. The first-order valence-electron chi connectivity index (χ1n) is 11.3. The molecule has 1 fully saturated rings. The molecule has 0 bridgehead atoms. The molecule has 2 aliphatic rings. The Balaban J connectivity index is 1.82. The lowest BCUT2D eigenvalue weighted by molar-refractivity contribution is -0.133. The number of hydrogen-bond acceptors (Lipinski definition) is 4. The number of benzene rings is 1. The van der Waals surface area contributed by atoms with E-state index in [1.54, 1.807) is 19.1 Å². The highest BCUT2D eigenvalue weighted by atomic mass is 16.5. The number of fused-ring (bicyclic) bond motifs is 3. The summed E-state index contributed by atoms with van der Waals surface area (Å²) in [5.74, 6) is 1.15. The largest absolute Gasteiger partial charge is 0.496 e. The van der Waals surface area contributed by atoms with Crippen molar-refractivity contribution in [3.05, 3.63) is 23.9 Å². The summed E-state index contributed by atoms with van der Waals surface area (Å²) in [6.45, 7) is 4.92. The van der Waals surface area contributed by atoms with E-state index in [1.165, 1.54) is 0 Å². The van der Waals surface area contributed by atoms with E-state index in [0.717, 1.165) is 49.4 Å². The summed E-state index contributed by atoms with van der Waals surface area (Å²) in [4.78, 5) is 29.0. The fourth-order valence-electron chi connectivity index (χ4n) is 5.03. The molecule has 2 aromatic rings. The molecule has 168 valence electrons. The lowest BCUT2D eigenvalue weighted by atomic mass is 9.93. The van der Waals surface area contributed by atoms with Crippen molar-refractivity contribution in [3.63, 3.8) is 0 Å². The van der Waals surface area contributed by atoms with E-state index in [1.807, 2.05) is 29.7 Å². The molecule has 0 spiro atoms. The summed E-state index contributed by atoms with van der Waals surface area (Å²) in [7, 11) is 3.23. The number of ether oxygens (including phenoxy) is 2. The average molecular weight is 428 g/mol. The molecule has 1 aliphatic carbocycles. The van der Waals surface area contributed by atoms with E-state index < -0.39 is 5.54 Å². The van der Waals surface area contributed by atoms with Crippen molar-refractivity contribution in [3.8, 4) is 11.5 Å². The highest BCUT2D eigenvalue weighted by Crippen LogP contribution is 2.40. The van der Waals surface area contributed by atoms with Gasteiger partial charge >= 0.3 is 0 Å². The van der Waals surface area contributed by atoms with Gasteiger partial charge in [0, 0.05) is 18.0 Å². The van der Waals surface area contributed by atoms with Crippen LogP contribution in [0.4, 0.5) is 0 Å². The molecule has 4 rings (SSSR count). The Hall–Kier alpha value is -2.70. The maximum atomic E-state index is 13.7. The number of amides is 2. The number of methoxy groups -OCH3 is 2. The Labute approximate surface area is 183 Å². The van der Waals surface area contributed by atoms with Crippen LogP contribution in [-0.2, 0) is 11.3 Å². The smallest absolute Gasteiger partial charge is 0.271 e. The second-order valence-corrected chi connectivity index (χ2v) is 8.89. The highest BCUT2D eigenvalue weighted by Gasteiger charge is 2.48. The standard InChI is InChI=1S/C24H33N3O4/c1-5-6-13-27-22(28)18-14-17-19(30-3)11-12-20(31-4)21(17)26(18)15-24(27,2)23(29)25-16-9-7-8-10-16/h11-12,14,16H,5-10,13,15H2,1-4H3,(H,25,29)/t24-/m0/s1. The van der Waals surface area contributed by atoms with Crippen LogP contribution in [0.5, 0.6) is 11.5 Å². The molecule has 1 aliphatic heterocycles. The second-order valence-electron chi connectivity index (χ2n) is 8.89. The number of carbonyl (C=O) groups is 2. The van der Waals surface area contributed by atoms with Crippen LogP contribution in [0.15, 0.2) is 18.2 Å². The zero-order valence-corrected chi connectivity index (χ0v) is 19.0. The van der Waals surface area contributed by atoms with E-state index in [-0.39, 0.29) is 17.9 Å². The van der Waals surface area contributed by atoms with Crippen molar-refractivity contribution in [2.75, 3.05) is 20.8 Å². The van der Waals surface area contributed by atoms with E-state index in [4.69, 9.17) is 9.47 Å². The van der Waals surface area contributed by atoms with Crippen molar-refractivity contribution in [2.24, 2.45) is 0 Å². The van der Waals surface area contributed by atoms with Crippen molar-refractivity contribution in [1.29, 1.82) is 0 Å². The minimum Gasteiger partial charge on any atom is -0.496 e. The molecule has 1 N–H and O–H groups in total. The molecule has 1 saturated carbocycles. The second kappa shape index (κ2) is 8.44. The van der Waals surface area contributed by atoms with Gasteiger partial charge in [0.05, 0.1) is 26.3 Å². The fraction of sp³-hybridized carbons (Fsp3) is 0.583. The van der Waals surface area contributed by atoms with Crippen LogP contribution in [0.25, 0.3) is 10.9 Å². The zero-order chi connectivity index (χ0) is 22.2. The van der Waals surface area contributed by atoms with Gasteiger partial charge in [-0.1, -0.05) is 26.2 Å². The minimum atomic E-state index is -0.970. The normalized spacial score (nSPS) is 21.4. The van der Waals surface area contributed by atoms with Gasteiger partial charge in [-0.3, -0.25) is 9.59 Å². The van der Waals surface area contributed by atoms with E-state index in [9.17, 15) is 9.59 Å². The summed E-state index contributed by atoms with van der Waals surface area (Å²) in [5.41, 5.74) is 0.391. The highest BCUT2D eigenvalue weighted by molar-refractivity contribution is 6.05. The molecular weight excluding hydrogens is 394 g/mol. The van der Waals surface area contributed by atoms with Crippen molar-refractivity contribution < 1.29 is 19.1 Å². The lowest BCUT2D eigenvalue weighted by Gasteiger charge is -2.44. The molecule has 0 unspecified atom stereocenters. The Morgan fingerprint density at radius 2 is 1.87 bits per heavy atom. The monoisotopic (exact) mass is 427 g/mol. The number of nitrogens with zero attached hydrogens (tertiary/aromatic N) is 2. The number of rotatable bonds is 7. The number of aromatic nitrogens is 1. The predicted molar refractivity (Wildman–Crippen MR) is 120 cm³/mol. The van der Waals surface area contributed by atoms with Gasteiger partial charge in [-0.25, -0.2) is 0 Å². The third-order valence-corrected chi connectivity index (χ3v) is 6.86. The van der Waals surface area contributed by atoms with Crippen LogP contribution < -0.4 is 14.8 Å². The molecule has 31 heavy (non-hydrogen) atoms. The van der Waals surface area contributed by atoms with Crippen LogP contribution in [0.3, 0.4) is 0 Å². The first-order valence-corrected chi connectivity index (χ1v) is 11.3. The molecule has 2 heterocycles. The van der Waals surface area contributed by atoms with Gasteiger partial charge in [-0.2, -0.15) is 0 Å². The fourth-order valence-corrected chi connectivity index (χ4v) is 5.03. The molecule has 7 nitrogen and oxygen atoms in total. The van der Waals surface area contributed by atoms with E-state index in [0.29, 0.717) is 30.3 Å². The average Bonchev–Trinajstić information content (AvgIpc) is 3.41. The third-order valence-electron chi connectivity index (χ3n) is 6.86. The summed E-state index contributed by atoms with van der Waals surface area (Å²) in [6.07, 6.45) is 6.10. The van der Waals surface area contributed by atoms with Gasteiger partial charge in [-0.05, 0) is 44.4 Å². The number of carbonyl (C=O) groups excluding carboxylic acids is 2. The summed E-state index contributed by atoms with van der Waals surface area (Å²) < 4.78 is 13.1. The predicted octanol–water partition coefficient (Wildman–Crippen LogP) is 3.73. The molecule has 7 heteroatoms. The van der Waals surface area contributed by atoms with Gasteiger partial charge in [-0.15, -0.1) is 0 Å². The maximum Gasteiger partial charge on any atom is 0.271 e. The summed E-state index contributed by atoms with van der Waals surface area (Å²) >= 11 is 0. The van der Waals surface area contributed by atoms with Gasteiger partial charge in [0.15, 0.2) is 0 Å². The van der Waals surface area contributed by atoms with Crippen LogP contribution >= 0.6 is 0 Å². The number of hydrogen-bond donors (Lipinski definition) is 1. The van der Waals surface area contributed by atoms with Gasteiger partial charge < -0.3 is 24.3 Å². The molecule has 0 saturated heterocycles. The van der Waals surface area contributed by atoms with Gasteiger partial charge in [0.1, 0.15) is 22.7 Å². The van der Waals surface area contributed by atoms with Crippen LogP contribution in [0.2, 0.25) is 0 Å². The first-order chi connectivity index (χ1) is 14.9. The molecular formula is C24H33N3O4.